The smallest absolute Gasteiger partial charge is 0.127 e. The van der Waals surface area contributed by atoms with Gasteiger partial charge >= 0.3 is 0 Å². The zero-order valence-corrected chi connectivity index (χ0v) is 8.76. The number of H-pyrrole nitrogens is 1. The third-order valence-electron chi connectivity index (χ3n) is 2.22. The van der Waals surface area contributed by atoms with E-state index in [9.17, 15) is 4.39 Å². The molecule has 0 saturated carbocycles. The number of halogens is 2. The molecule has 0 amide bonds. The Kier molecular flexibility index (Phi) is 3.02. The first kappa shape index (κ1) is 10.2. The monoisotopic (exact) mass is 224 g/mol. The van der Waals surface area contributed by atoms with Crippen molar-refractivity contribution < 1.29 is 4.39 Å². The molecule has 0 radical (unpaired) electrons. The van der Waals surface area contributed by atoms with Crippen LogP contribution in [0.2, 0.25) is 0 Å². The van der Waals surface area contributed by atoms with Gasteiger partial charge in [-0.1, -0.05) is 12.1 Å². The molecule has 15 heavy (non-hydrogen) atoms. The van der Waals surface area contributed by atoms with Gasteiger partial charge in [0, 0.05) is 18.2 Å². The van der Waals surface area contributed by atoms with Crippen LogP contribution in [0.15, 0.2) is 30.6 Å². The van der Waals surface area contributed by atoms with Gasteiger partial charge in [-0.05, 0) is 17.2 Å². The Morgan fingerprint density at radius 1 is 1.33 bits per heavy atom. The van der Waals surface area contributed by atoms with Crippen LogP contribution in [0.4, 0.5) is 4.39 Å². The summed E-state index contributed by atoms with van der Waals surface area (Å²) in [6.07, 6.45) is 4.21. The number of benzene rings is 1. The van der Waals surface area contributed by atoms with Crippen molar-refractivity contribution in [2.24, 2.45) is 0 Å². The van der Waals surface area contributed by atoms with Crippen molar-refractivity contribution in [3.63, 3.8) is 0 Å². The summed E-state index contributed by atoms with van der Waals surface area (Å²) in [4.78, 5) is 0. The molecule has 1 N–H and O–H groups in total. The van der Waals surface area contributed by atoms with E-state index in [1.54, 1.807) is 18.5 Å². The number of nitrogens with zero attached hydrogens (tertiary/aromatic N) is 1. The molecule has 0 bridgehead atoms. The predicted molar refractivity (Wildman–Crippen MR) is 57.4 cm³/mol. The molecule has 0 unspecified atom stereocenters. The minimum Gasteiger partial charge on any atom is -0.285 e. The van der Waals surface area contributed by atoms with E-state index in [1.165, 1.54) is 6.07 Å². The summed E-state index contributed by atoms with van der Waals surface area (Å²) in [6.45, 7) is 0. The normalized spacial score (nSPS) is 10.5. The highest BCUT2D eigenvalue weighted by molar-refractivity contribution is 6.17. The van der Waals surface area contributed by atoms with Gasteiger partial charge in [-0.2, -0.15) is 5.10 Å². The fourth-order valence-corrected chi connectivity index (χ4v) is 1.64. The van der Waals surface area contributed by atoms with Crippen LogP contribution in [0, 0.1) is 5.82 Å². The van der Waals surface area contributed by atoms with Crippen molar-refractivity contribution >= 4 is 11.6 Å². The van der Waals surface area contributed by atoms with Gasteiger partial charge in [0.25, 0.3) is 0 Å². The van der Waals surface area contributed by atoms with E-state index in [2.05, 4.69) is 10.2 Å². The van der Waals surface area contributed by atoms with E-state index in [-0.39, 0.29) is 11.7 Å². The minimum absolute atomic E-state index is 0.206. The Morgan fingerprint density at radius 2 is 2.20 bits per heavy atom. The lowest BCUT2D eigenvalue weighted by Gasteiger charge is -2.02. The molecule has 2 rings (SSSR count). The average molecular weight is 225 g/mol. The summed E-state index contributed by atoms with van der Waals surface area (Å²) in [5.74, 6) is -0.0383. The highest BCUT2D eigenvalue weighted by Crippen LogP contribution is 2.15. The molecule has 0 aliphatic carbocycles. The maximum Gasteiger partial charge on any atom is 0.127 e. The van der Waals surface area contributed by atoms with E-state index in [1.807, 2.05) is 6.07 Å². The first-order chi connectivity index (χ1) is 7.29. The van der Waals surface area contributed by atoms with E-state index in [0.29, 0.717) is 12.0 Å². The highest BCUT2D eigenvalue weighted by atomic mass is 35.5. The lowest BCUT2D eigenvalue weighted by molar-refractivity contribution is 0.615. The fraction of sp³-hybridized carbons (Fsp3) is 0.182. The fourth-order valence-electron chi connectivity index (χ4n) is 1.42. The molecule has 0 atom stereocenters. The van der Waals surface area contributed by atoms with Crippen LogP contribution < -0.4 is 0 Å². The molecule has 0 fully saturated rings. The van der Waals surface area contributed by atoms with E-state index in [4.69, 9.17) is 11.6 Å². The van der Waals surface area contributed by atoms with Gasteiger partial charge < -0.3 is 0 Å². The van der Waals surface area contributed by atoms with E-state index >= 15 is 0 Å². The summed E-state index contributed by atoms with van der Waals surface area (Å²) in [6, 6.07) is 5.12. The first-order valence-corrected chi connectivity index (χ1v) is 5.14. The minimum atomic E-state index is -0.244. The SMILES string of the molecule is Fc1cc(Cc2cn[nH]c2)ccc1CCl. The summed E-state index contributed by atoms with van der Waals surface area (Å²) >= 11 is 5.57. The predicted octanol–water partition coefficient (Wildman–Crippen LogP) is 2.88. The molecule has 0 saturated heterocycles. The lowest BCUT2D eigenvalue weighted by atomic mass is 10.1. The molecular formula is C11H10ClFN2. The Morgan fingerprint density at radius 3 is 2.80 bits per heavy atom. The number of hydrogen-bond acceptors (Lipinski definition) is 1. The molecular weight excluding hydrogens is 215 g/mol. The number of rotatable bonds is 3. The molecule has 0 aliphatic rings. The van der Waals surface area contributed by atoms with Crippen LogP contribution in [-0.4, -0.2) is 10.2 Å². The Hall–Kier alpha value is -1.35. The lowest BCUT2D eigenvalue weighted by Crippen LogP contribution is -1.91. The summed E-state index contributed by atoms with van der Waals surface area (Å²) in [5.41, 5.74) is 2.49. The summed E-state index contributed by atoms with van der Waals surface area (Å²) in [5, 5.41) is 6.56. The molecule has 4 heteroatoms. The maximum atomic E-state index is 13.4. The second-order valence-corrected chi connectivity index (χ2v) is 3.61. The quantitative estimate of drug-likeness (QED) is 0.798. The summed E-state index contributed by atoms with van der Waals surface area (Å²) < 4.78 is 13.4. The Labute approximate surface area is 92.1 Å². The average Bonchev–Trinajstić information content (AvgIpc) is 2.71. The summed E-state index contributed by atoms with van der Waals surface area (Å²) in [7, 11) is 0. The Bertz CT molecular complexity index is 440. The zero-order valence-electron chi connectivity index (χ0n) is 8.00. The van der Waals surface area contributed by atoms with Gasteiger partial charge in [-0.3, -0.25) is 5.10 Å². The topological polar surface area (TPSA) is 28.7 Å². The number of nitrogens with one attached hydrogen (secondary N) is 1. The van der Waals surface area contributed by atoms with Crippen LogP contribution in [0.5, 0.6) is 0 Å². The van der Waals surface area contributed by atoms with Crippen molar-refractivity contribution in [2.45, 2.75) is 12.3 Å². The molecule has 1 heterocycles. The van der Waals surface area contributed by atoms with Crippen LogP contribution in [0.1, 0.15) is 16.7 Å². The molecule has 78 valence electrons. The number of hydrogen-bond donors (Lipinski definition) is 1. The molecule has 2 nitrogen and oxygen atoms in total. The van der Waals surface area contributed by atoms with Crippen LogP contribution in [0.25, 0.3) is 0 Å². The van der Waals surface area contributed by atoms with Gasteiger partial charge in [0.1, 0.15) is 5.82 Å². The van der Waals surface area contributed by atoms with Gasteiger partial charge in [0.2, 0.25) is 0 Å². The third kappa shape index (κ3) is 2.36. The second-order valence-electron chi connectivity index (χ2n) is 3.34. The Balaban J connectivity index is 2.20. The molecule has 0 aliphatic heterocycles. The maximum absolute atomic E-state index is 13.4. The molecule has 0 spiro atoms. The standard InChI is InChI=1S/C11H10ClFN2/c12-5-10-2-1-8(4-11(10)13)3-9-6-14-15-7-9/h1-2,4,6-7H,3,5H2,(H,14,15). The van der Waals surface area contributed by atoms with E-state index in [0.717, 1.165) is 11.1 Å². The van der Waals surface area contributed by atoms with Crippen LogP contribution in [0.3, 0.4) is 0 Å². The van der Waals surface area contributed by atoms with Crippen LogP contribution in [-0.2, 0) is 12.3 Å². The van der Waals surface area contributed by atoms with Crippen molar-refractivity contribution in [3.8, 4) is 0 Å². The van der Waals surface area contributed by atoms with Crippen molar-refractivity contribution in [2.75, 3.05) is 0 Å². The number of aromatic amines is 1. The second kappa shape index (κ2) is 4.45. The van der Waals surface area contributed by atoms with E-state index < -0.39 is 0 Å². The molecule has 1 aromatic carbocycles. The van der Waals surface area contributed by atoms with Gasteiger partial charge in [0.05, 0.1) is 12.1 Å². The largest absolute Gasteiger partial charge is 0.285 e. The van der Waals surface area contributed by atoms with Crippen molar-refractivity contribution in [1.29, 1.82) is 0 Å². The van der Waals surface area contributed by atoms with Gasteiger partial charge in [0.15, 0.2) is 0 Å². The molecule has 1 aromatic heterocycles. The number of alkyl halides is 1. The molecule has 2 aromatic rings. The zero-order chi connectivity index (χ0) is 10.7. The van der Waals surface area contributed by atoms with Gasteiger partial charge in [-0.25, -0.2) is 4.39 Å². The third-order valence-corrected chi connectivity index (χ3v) is 2.51. The van der Waals surface area contributed by atoms with Crippen LogP contribution >= 0.6 is 11.6 Å². The number of aromatic nitrogens is 2. The van der Waals surface area contributed by atoms with Gasteiger partial charge in [-0.15, -0.1) is 11.6 Å². The van der Waals surface area contributed by atoms with Crippen molar-refractivity contribution in [3.05, 3.63) is 53.1 Å². The highest BCUT2D eigenvalue weighted by Gasteiger charge is 2.03. The van der Waals surface area contributed by atoms with Crippen molar-refractivity contribution in [1.82, 2.24) is 10.2 Å². The first-order valence-electron chi connectivity index (χ1n) is 4.60.